The van der Waals surface area contributed by atoms with Crippen molar-refractivity contribution in [3.05, 3.63) is 36.9 Å². The van der Waals surface area contributed by atoms with Crippen LogP contribution < -0.4 is 9.46 Å². The number of nitriles is 1. The van der Waals surface area contributed by atoms with Gasteiger partial charge in [0, 0.05) is 6.07 Å². The van der Waals surface area contributed by atoms with Crippen LogP contribution in [0.5, 0.6) is 5.75 Å². The predicted octanol–water partition coefficient (Wildman–Crippen LogP) is 2.30. The third-order valence-electron chi connectivity index (χ3n) is 2.35. The molecule has 0 aromatic heterocycles. The minimum atomic E-state index is -3.70. The summed E-state index contributed by atoms with van der Waals surface area (Å²) in [7, 11) is -3.70. The van der Waals surface area contributed by atoms with Gasteiger partial charge in [-0.3, -0.25) is 4.72 Å². The Hall–Kier alpha value is -2.00. The van der Waals surface area contributed by atoms with E-state index < -0.39 is 15.3 Å². The highest BCUT2D eigenvalue weighted by Crippen LogP contribution is 2.20. The summed E-state index contributed by atoms with van der Waals surface area (Å²) in [4.78, 5) is 0. The molecule has 1 aromatic carbocycles. The Kier molecular flexibility index (Phi) is 5.39. The number of hydrogen-bond acceptors (Lipinski definition) is 4. The average Bonchev–Trinajstić information content (AvgIpc) is 2.37. The highest BCUT2D eigenvalue weighted by molar-refractivity contribution is 7.93. The highest BCUT2D eigenvalue weighted by Gasteiger charge is 2.23. The first kappa shape index (κ1) is 15.1. The Morgan fingerprint density at radius 1 is 1.58 bits per heavy atom. The average molecular weight is 280 g/mol. The standard InChI is InChI=1S/C13H16N2O3S/c1-3-8-18-12-7-5-6-11(9-12)15-19(16,17)13(4-2)10-14/h3,5-7,9,13,15H,1,4,8H2,2H3/t13-/m0/s1. The minimum Gasteiger partial charge on any atom is -0.489 e. The van der Waals surface area contributed by atoms with E-state index in [0.717, 1.165) is 0 Å². The topological polar surface area (TPSA) is 79.2 Å². The molecule has 0 spiro atoms. The van der Waals surface area contributed by atoms with Crippen LogP contribution in [0.3, 0.4) is 0 Å². The molecule has 1 atom stereocenters. The lowest BCUT2D eigenvalue weighted by atomic mass is 10.3. The van der Waals surface area contributed by atoms with Gasteiger partial charge in [0.2, 0.25) is 10.0 Å². The molecule has 0 aliphatic heterocycles. The van der Waals surface area contributed by atoms with Gasteiger partial charge in [-0.1, -0.05) is 25.6 Å². The van der Waals surface area contributed by atoms with E-state index in [0.29, 0.717) is 18.0 Å². The summed E-state index contributed by atoms with van der Waals surface area (Å²) >= 11 is 0. The van der Waals surface area contributed by atoms with E-state index in [9.17, 15) is 8.42 Å². The minimum absolute atomic E-state index is 0.235. The number of sulfonamides is 1. The number of hydrogen-bond donors (Lipinski definition) is 1. The lowest BCUT2D eigenvalue weighted by Crippen LogP contribution is -2.25. The first-order chi connectivity index (χ1) is 9.03. The molecule has 1 aromatic rings. The molecule has 0 unspecified atom stereocenters. The van der Waals surface area contributed by atoms with Crippen molar-refractivity contribution in [2.45, 2.75) is 18.6 Å². The van der Waals surface area contributed by atoms with E-state index in [1.807, 2.05) is 0 Å². The molecule has 0 saturated carbocycles. The smallest absolute Gasteiger partial charge is 0.249 e. The molecule has 0 aliphatic rings. The van der Waals surface area contributed by atoms with Gasteiger partial charge in [-0.15, -0.1) is 0 Å². The Labute approximate surface area is 113 Å². The first-order valence-electron chi connectivity index (χ1n) is 5.78. The third-order valence-corrected chi connectivity index (χ3v) is 4.06. The predicted molar refractivity (Wildman–Crippen MR) is 74.4 cm³/mol. The van der Waals surface area contributed by atoms with Crippen molar-refractivity contribution >= 4 is 15.7 Å². The van der Waals surface area contributed by atoms with Crippen LogP contribution in [0.1, 0.15) is 13.3 Å². The van der Waals surface area contributed by atoms with Crippen LogP contribution in [0, 0.1) is 11.3 Å². The molecular weight excluding hydrogens is 264 g/mol. The van der Waals surface area contributed by atoms with Crippen LogP contribution in [0.2, 0.25) is 0 Å². The maximum Gasteiger partial charge on any atom is 0.249 e. The number of nitrogens with zero attached hydrogens (tertiary/aromatic N) is 1. The second-order valence-corrected chi connectivity index (χ2v) is 5.66. The van der Waals surface area contributed by atoms with Crippen molar-refractivity contribution in [2.24, 2.45) is 0 Å². The van der Waals surface area contributed by atoms with Gasteiger partial charge < -0.3 is 4.74 Å². The lowest BCUT2D eigenvalue weighted by Gasteiger charge is -2.12. The fourth-order valence-corrected chi connectivity index (χ4v) is 2.60. The van der Waals surface area contributed by atoms with Gasteiger partial charge in [0.1, 0.15) is 12.4 Å². The maximum absolute atomic E-state index is 11.9. The van der Waals surface area contributed by atoms with Gasteiger partial charge in [-0.25, -0.2) is 8.42 Å². The number of ether oxygens (including phenoxy) is 1. The Balaban J connectivity index is 2.88. The summed E-state index contributed by atoms with van der Waals surface area (Å²) in [5.41, 5.74) is 0.371. The molecule has 0 saturated heterocycles. The SMILES string of the molecule is C=CCOc1cccc(NS(=O)(=O)[C@H](C#N)CC)c1. The van der Waals surface area contributed by atoms with E-state index in [1.54, 1.807) is 43.3 Å². The van der Waals surface area contributed by atoms with E-state index in [2.05, 4.69) is 11.3 Å². The largest absolute Gasteiger partial charge is 0.489 e. The number of nitrogens with one attached hydrogen (secondary N) is 1. The van der Waals surface area contributed by atoms with E-state index in [-0.39, 0.29) is 6.42 Å². The molecule has 0 amide bonds. The van der Waals surface area contributed by atoms with E-state index >= 15 is 0 Å². The van der Waals surface area contributed by atoms with Gasteiger partial charge in [0.25, 0.3) is 0 Å². The number of rotatable bonds is 7. The zero-order chi connectivity index (χ0) is 14.3. The van der Waals surface area contributed by atoms with Gasteiger partial charge in [0.05, 0.1) is 11.8 Å². The summed E-state index contributed by atoms with van der Waals surface area (Å²) in [5.74, 6) is 0.533. The summed E-state index contributed by atoms with van der Waals surface area (Å²) in [6, 6.07) is 8.31. The molecule has 5 nitrogen and oxygen atoms in total. The van der Waals surface area contributed by atoms with Gasteiger partial charge in [-0.2, -0.15) is 5.26 Å². The second-order valence-electron chi connectivity index (χ2n) is 3.80. The van der Waals surface area contributed by atoms with Crippen LogP contribution >= 0.6 is 0 Å². The first-order valence-corrected chi connectivity index (χ1v) is 7.33. The fourth-order valence-electron chi connectivity index (χ4n) is 1.42. The monoisotopic (exact) mass is 280 g/mol. The van der Waals surface area contributed by atoms with Crippen LogP contribution in [0.15, 0.2) is 36.9 Å². The summed E-state index contributed by atoms with van der Waals surface area (Å²) in [6.07, 6.45) is 1.83. The van der Waals surface area contributed by atoms with Crippen molar-refractivity contribution in [1.29, 1.82) is 5.26 Å². The molecule has 1 N–H and O–H groups in total. The van der Waals surface area contributed by atoms with Crippen LogP contribution in [0.4, 0.5) is 5.69 Å². The fraction of sp³-hybridized carbons (Fsp3) is 0.308. The molecule has 0 heterocycles. The molecule has 0 bridgehead atoms. The zero-order valence-corrected chi connectivity index (χ0v) is 11.5. The van der Waals surface area contributed by atoms with E-state index in [1.165, 1.54) is 0 Å². The normalized spacial score (nSPS) is 12.2. The Bertz CT molecular complexity index is 576. The molecule has 0 aliphatic carbocycles. The van der Waals surface area contributed by atoms with Gasteiger partial charge in [-0.05, 0) is 18.6 Å². The van der Waals surface area contributed by atoms with Crippen LogP contribution in [0.25, 0.3) is 0 Å². The summed E-state index contributed by atoms with van der Waals surface area (Å²) < 4.78 is 31.5. The molecule has 102 valence electrons. The Morgan fingerprint density at radius 3 is 2.89 bits per heavy atom. The van der Waals surface area contributed by atoms with E-state index in [4.69, 9.17) is 10.00 Å². The molecule has 1 rings (SSSR count). The highest BCUT2D eigenvalue weighted by atomic mass is 32.2. The lowest BCUT2D eigenvalue weighted by molar-refractivity contribution is 0.363. The molecule has 0 radical (unpaired) electrons. The maximum atomic E-state index is 11.9. The number of anilines is 1. The molecular formula is C13H16N2O3S. The summed E-state index contributed by atoms with van der Waals surface area (Å²) in [6.45, 7) is 5.52. The second kappa shape index (κ2) is 6.81. The van der Waals surface area contributed by atoms with Crippen molar-refractivity contribution in [1.82, 2.24) is 0 Å². The van der Waals surface area contributed by atoms with Gasteiger partial charge in [0.15, 0.2) is 5.25 Å². The van der Waals surface area contributed by atoms with Crippen molar-refractivity contribution in [3.8, 4) is 11.8 Å². The number of benzene rings is 1. The molecule has 19 heavy (non-hydrogen) atoms. The molecule has 0 fully saturated rings. The molecule has 6 heteroatoms. The quantitative estimate of drug-likeness (QED) is 0.777. The third kappa shape index (κ3) is 4.30. The van der Waals surface area contributed by atoms with Crippen LogP contribution in [-0.4, -0.2) is 20.3 Å². The van der Waals surface area contributed by atoms with Crippen LogP contribution in [-0.2, 0) is 10.0 Å². The summed E-state index contributed by atoms with van der Waals surface area (Å²) in [5, 5.41) is 7.74. The van der Waals surface area contributed by atoms with Crippen molar-refractivity contribution < 1.29 is 13.2 Å². The van der Waals surface area contributed by atoms with Crippen molar-refractivity contribution in [2.75, 3.05) is 11.3 Å². The zero-order valence-electron chi connectivity index (χ0n) is 10.7. The Morgan fingerprint density at radius 2 is 2.32 bits per heavy atom. The van der Waals surface area contributed by atoms with Crippen molar-refractivity contribution in [3.63, 3.8) is 0 Å². The van der Waals surface area contributed by atoms with Gasteiger partial charge >= 0.3 is 0 Å².